The molecule has 0 heterocycles. The van der Waals surface area contributed by atoms with Crippen molar-refractivity contribution in [3.63, 3.8) is 0 Å². The maximum atomic E-state index is 12.8. The second-order valence-electron chi connectivity index (χ2n) is 6.02. The summed E-state index contributed by atoms with van der Waals surface area (Å²) in [6.07, 6.45) is 0. The highest BCUT2D eigenvalue weighted by molar-refractivity contribution is 9.10. The van der Waals surface area contributed by atoms with Crippen LogP contribution in [-0.2, 0) is 16.1 Å². The van der Waals surface area contributed by atoms with Gasteiger partial charge in [0.15, 0.2) is 6.61 Å². The van der Waals surface area contributed by atoms with Crippen molar-refractivity contribution in [1.82, 2.24) is 10.2 Å². The van der Waals surface area contributed by atoms with Crippen molar-refractivity contribution >= 4 is 39.3 Å². The Bertz CT molecular complexity index is 829. The number of nitrogens with one attached hydrogen (secondary N) is 1. The number of methoxy groups -OCH3 is 1. The molecule has 1 atom stereocenters. The lowest BCUT2D eigenvalue weighted by molar-refractivity contribution is -0.142. The molecule has 0 radical (unpaired) electrons. The zero-order valence-corrected chi connectivity index (χ0v) is 18.2. The van der Waals surface area contributed by atoms with E-state index >= 15 is 0 Å². The monoisotopic (exact) mass is 468 g/mol. The average Bonchev–Trinajstić information content (AvgIpc) is 2.70. The van der Waals surface area contributed by atoms with Crippen molar-refractivity contribution in [2.45, 2.75) is 19.5 Å². The minimum atomic E-state index is -0.663. The number of rotatable bonds is 8. The summed E-state index contributed by atoms with van der Waals surface area (Å²) in [5.74, 6) is 0.527. The standard InChI is InChI=1S/C20H22BrClN2O4/c1-13(20(26)23-2)24(11-14-4-7-16(27-3)8-5-14)19(25)12-28-18-9-6-15(21)10-17(18)22/h4-10,13H,11-12H2,1-3H3,(H,23,26). The van der Waals surface area contributed by atoms with Gasteiger partial charge in [-0.25, -0.2) is 0 Å². The zero-order chi connectivity index (χ0) is 20.7. The van der Waals surface area contributed by atoms with Gasteiger partial charge in [0, 0.05) is 18.1 Å². The molecule has 0 saturated carbocycles. The molecule has 0 aliphatic heterocycles. The maximum absolute atomic E-state index is 12.8. The molecule has 0 aromatic heterocycles. The predicted molar refractivity (Wildman–Crippen MR) is 112 cm³/mol. The zero-order valence-electron chi connectivity index (χ0n) is 15.9. The summed E-state index contributed by atoms with van der Waals surface area (Å²) in [4.78, 5) is 26.4. The third-order valence-electron chi connectivity index (χ3n) is 4.17. The number of carbonyl (C=O) groups excluding carboxylic acids is 2. The minimum absolute atomic E-state index is 0.237. The Morgan fingerprint density at radius 2 is 1.89 bits per heavy atom. The van der Waals surface area contributed by atoms with E-state index in [2.05, 4.69) is 21.2 Å². The van der Waals surface area contributed by atoms with E-state index in [9.17, 15) is 9.59 Å². The van der Waals surface area contributed by atoms with Crippen LogP contribution in [0, 0.1) is 0 Å². The smallest absolute Gasteiger partial charge is 0.261 e. The van der Waals surface area contributed by atoms with Crippen LogP contribution >= 0.6 is 27.5 Å². The van der Waals surface area contributed by atoms with Crippen LogP contribution in [-0.4, -0.2) is 43.5 Å². The van der Waals surface area contributed by atoms with Gasteiger partial charge in [-0.3, -0.25) is 9.59 Å². The van der Waals surface area contributed by atoms with Gasteiger partial charge in [0.1, 0.15) is 17.5 Å². The number of ether oxygens (including phenoxy) is 2. The molecule has 0 aliphatic rings. The van der Waals surface area contributed by atoms with Crippen LogP contribution in [0.3, 0.4) is 0 Å². The van der Waals surface area contributed by atoms with Crippen LogP contribution in [0.25, 0.3) is 0 Å². The fraction of sp³-hybridized carbons (Fsp3) is 0.300. The van der Waals surface area contributed by atoms with Gasteiger partial charge < -0.3 is 19.7 Å². The Labute approximate surface area is 177 Å². The first-order chi connectivity index (χ1) is 13.3. The van der Waals surface area contributed by atoms with Crippen LogP contribution < -0.4 is 14.8 Å². The van der Waals surface area contributed by atoms with Crippen LogP contribution in [0.4, 0.5) is 0 Å². The van der Waals surface area contributed by atoms with Crippen LogP contribution in [0.2, 0.25) is 5.02 Å². The second-order valence-corrected chi connectivity index (χ2v) is 7.35. The number of carbonyl (C=O) groups is 2. The highest BCUT2D eigenvalue weighted by Crippen LogP contribution is 2.27. The Morgan fingerprint density at radius 1 is 1.21 bits per heavy atom. The van der Waals surface area contributed by atoms with E-state index in [-0.39, 0.29) is 25.0 Å². The summed E-state index contributed by atoms with van der Waals surface area (Å²) in [7, 11) is 3.12. The molecule has 1 unspecified atom stereocenters. The summed E-state index contributed by atoms with van der Waals surface area (Å²) < 4.78 is 11.5. The molecule has 28 heavy (non-hydrogen) atoms. The molecule has 0 bridgehead atoms. The number of nitrogens with zero attached hydrogens (tertiary/aromatic N) is 1. The number of hydrogen-bond donors (Lipinski definition) is 1. The molecule has 1 N–H and O–H groups in total. The van der Waals surface area contributed by atoms with Crippen molar-refractivity contribution in [2.75, 3.05) is 20.8 Å². The predicted octanol–water partition coefficient (Wildman–Crippen LogP) is 3.65. The lowest BCUT2D eigenvalue weighted by Crippen LogP contribution is -2.48. The molecule has 8 heteroatoms. The van der Waals surface area contributed by atoms with Gasteiger partial charge in [-0.15, -0.1) is 0 Å². The Hall–Kier alpha value is -2.25. The molecular weight excluding hydrogens is 448 g/mol. The van der Waals surface area contributed by atoms with Gasteiger partial charge >= 0.3 is 0 Å². The van der Waals surface area contributed by atoms with Gasteiger partial charge in [0.2, 0.25) is 5.91 Å². The minimum Gasteiger partial charge on any atom is -0.497 e. The van der Waals surface area contributed by atoms with Crippen molar-refractivity contribution in [2.24, 2.45) is 0 Å². The normalized spacial score (nSPS) is 11.5. The second kappa shape index (κ2) is 10.3. The molecule has 2 aromatic carbocycles. The summed E-state index contributed by atoms with van der Waals surface area (Å²) in [6, 6.07) is 11.8. The number of halogens is 2. The molecule has 0 aliphatic carbocycles. The van der Waals surface area contributed by atoms with Crippen LogP contribution in [0.1, 0.15) is 12.5 Å². The fourth-order valence-electron chi connectivity index (χ4n) is 2.53. The number of hydrogen-bond acceptors (Lipinski definition) is 4. The number of benzene rings is 2. The van der Waals surface area contributed by atoms with E-state index in [0.29, 0.717) is 16.5 Å². The van der Waals surface area contributed by atoms with Gasteiger partial charge in [-0.05, 0) is 42.8 Å². The molecule has 2 aromatic rings. The van der Waals surface area contributed by atoms with Crippen LogP contribution in [0.5, 0.6) is 11.5 Å². The lowest BCUT2D eigenvalue weighted by Gasteiger charge is -2.28. The van der Waals surface area contributed by atoms with Gasteiger partial charge in [0.05, 0.1) is 12.1 Å². The third kappa shape index (κ3) is 5.87. The van der Waals surface area contributed by atoms with Gasteiger partial charge in [-0.1, -0.05) is 39.7 Å². The molecule has 0 saturated heterocycles. The Morgan fingerprint density at radius 3 is 2.46 bits per heavy atom. The highest BCUT2D eigenvalue weighted by atomic mass is 79.9. The van der Waals surface area contributed by atoms with Gasteiger partial charge in [0.25, 0.3) is 5.91 Å². The summed E-state index contributed by atoms with van der Waals surface area (Å²) in [6.45, 7) is 1.69. The van der Waals surface area contributed by atoms with Crippen molar-refractivity contribution in [3.05, 3.63) is 57.5 Å². The van der Waals surface area contributed by atoms with E-state index in [0.717, 1.165) is 10.0 Å². The first-order valence-electron chi connectivity index (χ1n) is 8.57. The van der Waals surface area contributed by atoms with Crippen molar-refractivity contribution in [1.29, 1.82) is 0 Å². The molecular formula is C20H22BrClN2O4. The average molecular weight is 470 g/mol. The van der Waals surface area contributed by atoms with E-state index in [4.69, 9.17) is 21.1 Å². The maximum Gasteiger partial charge on any atom is 0.261 e. The van der Waals surface area contributed by atoms with Crippen molar-refractivity contribution < 1.29 is 19.1 Å². The largest absolute Gasteiger partial charge is 0.497 e. The number of likely N-dealkylation sites (N-methyl/N-ethyl adjacent to an activating group) is 1. The van der Waals surface area contributed by atoms with E-state index < -0.39 is 6.04 Å². The molecule has 0 spiro atoms. The molecule has 2 rings (SSSR count). The fourth-order valence-corrected chi connectivity index (χ4v) is 3.26. The van der Waals surface area contributed by atoms with Gasteiger partial charge in [-0.2, -0.15) is 0 Å². The van der Waals surface area contributed by atoms with Crippen molar-refractivity contribution in [3.8, 4) is 11.5 Å². The summed E-state index contributed by atoms with van der Waals surface area (Å²) in [5, 5.41) is 2.97. The molecule has 2 amide bonds. The summed E-state index contributed by atoms with van der Waals surface area (Å²) in [5.41, 5.74) is 0.867. The number of amides is 2. The van der Waals surface area contributed by atoms with E-state index in [1.165, 1.54) is 11.9 Å². The van der Waals surface area contributed by atoms with E-state index in [1.54, 1.807) is 44.4 Å². The third-order valence-corrected chi connectivity index (χ3v) is 4.96. The Kier molecular flexibility index (Phi) is 8.14. The van der Waals surface area contributed by atoms with E-state index in [1.807, 2.05) is 12.1 Å². The quantitative estimate of drug-likeness (QED) is 0.641. The first-order valence-corrected chi connectivity index (χ1v) is 9.74. The molecule has 150 valence electrons. The highest BCUT2D eigenvalue weighted by Gasteiger charge is 2.26. The van der Waals surface area contributed by atoms with Crippen LogP contribution in [0.15, 0.2) is 46.9 Å². The molecule has 0 fully saturated rings. The topological polar surface area (TPSA) is 67.9 Å². The molecule has 6 nitrogen and oxygen atoms in total. The Balaban J connectivity index is 2.14. The SMILES string of the molecule is CNC(=O)C(C)N(Cc1ccc(OC)cc1)C(=O)COc1ccc(Br)cc1Cl. The first kappa shape index (κ1) is 22.0. The summed E-state index contributed by atoms with van der Waals surface area (Å²) >= 11 is 9.45. The lowest BCUT2D eigenvalue weighted by atomic mass is 10.1.